The highest BCUT2D eigenvalue weighted by atomic mass is 19.4. The van der Waals surface area contributed by atoms with Crippen LogP contribution in [-0.2, 0) is 23.9 Å². The summed E-state index contributed by atoms with van der Waals surface area (Å²) in [6.07, 6.45) is -3.51. The molecule has 0 fully saturated rings. The molecule has 0 saturated carbocycles. The van der Waals surface area contributed by atoms with Gasteiger partial charge in [0.25, 0.3) is 0 Å². The Kier molecular flexibility index (Phi) is 6.07. The van der Waals surface area contributed by atoms with Crippen molar-refractivity contribution in [1.29, 1.82) is 0 Å². The van der Waals surface area contributed by atoms with Crippen molar-refractivity contribution < 1.29 is 22.7 Å². The van der Waals surface area contributed by atoms with E-state index in [1.807, 2.05) is 24.3 Å². The van der Waals surface area contributed by atoms with Crippen molar-refractivity contribution >= 4 is 5.91 Å². The molecule has 0 aliphatic carbocycles. The molecular formula is C19H20F3NO2. The fourth-order valence-electron chi connectivity index (χ4n) is 2.50. The lowest BCUT2D eigenvalue weighted by Crippen LogP contribution is -2.26. The molecule has 0 spiro atoms. The van der Waals surface area contributed by atoms with Gasteiger partial charge in [-0.3, -0.25) is 4.79 Å². The Morgan fingerprint density at radius 3 is 2.32 bits per heavy atom. The van der Waals surface area contributed by atoms with Crippen molar-refractivity contribution in [2.75, 3.05) is 14.2 Å². The summed E-state index contributed by atoms with van der Waals surface area (Å²) in [6.45, 7) is 0.267. The fourth-order valence-corrected chi connectivity index (χ4v) is 2.50. The highest BCUT2D eigenvalue weighted by molar-refractivity contribution is 5.76. The zero-order valence-electron chi connectivity index (χ0n) is 14.1. The third kappa shape index (κ3) is 5.24. The molecule has 0 aliphatic heterocycles. The van der Waals surface area contributed by atoms with E-state index in [2.05, 4.69) is 0 Å². The number of methoxy groups -OCH3 is 1. The van der Waals surface area contributed by atoms with Crippen LogP contribution in [0, 0.1) is 0 Å². The molecule has 0 aliphatic rings. The van der Waals surface area contributed by atoms with E-state index in [0.29, 0.717) is 18.4 Å². The molecule has 134 valence electrons. The van der Waals surface area contributed by atoms with Crippen LogP contribution in [0.2, 0.25) is 0 Å². The van der Waals surface area contributed by atoms with E-state index >= 15 is 0 Å². The van der Waals surface area contributed by atoms with Gasteiger partial charge >= 0.3 is 6.18 Å². The SMILES string of the molecule is COc1ccccc1CCC(=O)N(C)Cc1ccc(C(F)(F)F)cc1. The Balaban J connectivity index is 1.92. The molecule has 3 nitrogen and oxygen atoms in total. The summed E-state index contributed by atoms with van der Waals surface area (Å²) in [7, 11) is 3.22. The minimum atomic E-state index is -4.35. The molecule has 25 heavy (non-hydrogen) atoms. The molecule has 0 N–H and O–H groups in total. The molecule has 0 aromatic heterocycles. The summed E-state index contributed by atoms with van der Waals surface area (Å²) >= 11 is 0. The Morgan fingerprint density at radius 2 is 1.72 bits per heavy atom. The third-order valence-electron chi connectivity index (χ3n) is 3.93. The highest BCUT2D eigenvalue weighted by Gasteiger charge is 2.29. The fraction of sp³-hybridized carbons (Fsp3) is 0.316. The zero-order valence-corrected chi connectivity index (χ0v) is 14.1. The van der Waals surface area contributed by atoms with Crippen LogP contribution >= 0.6 is 0 Å². The summed E-state index contributed by atoms with van der Waals surface area (Å²) in [4.78, 5) is 13.8. The van der Waals surface area contributed by atoms with Gasteiger partial charge in [0.1, 0.15) is 5.75 Å². The first-order valence-corrected chi connectivity index (χ1v) is 7.83. The van der Waals surface area contributed by atoms with Gasteiger partial charge in [-0.1, -0.05) is 30.3 Å². The molecule has 6 heteroatoms. The number of alkyl halides is 3. The van der Waals surface area contributed by atoms with Crippen LogP contribution in [0.5, 0.6) is 5.75 Å². The normalized spacial score (nSPS) is 11.2. The number of carbonyl (C=O) groups is 1. The van der Waals surface area contributed by atoms with Crippen LogP contribution < -0.4 is 4.74 Å². The van der Waals surface area contributed by atoms with Gasteiger partial charge in [0.05, 0.1) is 12.7 Å². The number of para-hydroxylation sites is 1. The zero-order chi connectivity index (χ0) is 18.4. The first kappa shape index (κ1) is 18.8. The molecule has 0 bridgehead atoms. The van der Waals surface area contributed by atoms with Crippen LogP contribution in [0.4, 0.5) is 13.2 Å². The summed E-state index contributed by atoms with van der Waals surface area (Å²) < 4.78 is 42.9. The lowest BCUT2D eigenvalue weighted by atomic mass is 10.1. The Labute approximate surface area is 145 Å². The number of amides is 1. The average molecular weight is 351 g/mol. The van der Waals surface area contributed by atoms with Crippen molar-refractivity contribution in [1.82, 2.24) is 4.90 Å². The van der Waals surface area contributed by atoms with Gasteiger partial charge in [-0.2, -0.15) is 13.2 Å². The van der Waals surface area contributed by atoms with E-state index in [1.165, 1.54) is 17.0 Å². The molecule has 1 amide bonds. The van der Waals surface area contributed by atoms with Crippen LogP contribution in [0.25, 0.3) is 0 Å². The number of ether oxygens (including phenoxy) is 1. The summed E-state index contributed by atoms with van der Waals surface area (Å²) in [6, 6.07) is 12.3. The minimum absolute atomic E-state index is 0.0780. The summed E-state index contributed by atoms with van der Waals surface area (Å²) in [5, 5.41) is 0. The molecule has 0 radical (unpaired) electrons. The number of aryl methyl sites for hydroxylation is 1. The average Bonchev–Trinajstić information content (AvgIpc) is 2.59. The van der Waals surface area contributed by atoms with Crippen molar-refractivity contribution in [3.8, 4) is 5.75 Å². The minimum Gasteiger partial charge on any atom is -0.496 e. The standard InChI is InChI=1S/C19H20F3NO2/c1-23(13-14-7-10-16(11-8-14)19(20,21)22)18(24)12-9-15-5-3-4-6-17(15)25-2/h3-8,10-11H,9,12-13H2,1-2H3. The highest BCUT2D eigenvalue weighted by Crippen LogP contribution is 2.29. The molecule has 2 rings (SSSR count). The van der Waals surface area contributed by atoms with Crippen molar-refractivity contribution in [2.45, 2.75) is 25.6 Å². The van der Waals surface area contributed by atoms with Crippen molar-refractivity contribution in [3.05, 3.63) is 65.2 Å². The van der Waals surface area contributed by atoms with Gasteiger partial charge in [0.15, 0.2) is 0 Å². The molecule has 0 saturated heterocycles. The van der Waals surface area contributed by atoms with E-state index < -0.39 is 11.7 Å². The summed E-state index contributed by atoms with van der Waals surface area (Å²) in [5.41, 5.74) is 0.906. The van der Waals surface area contributed by atoms with Gasteiger partial charge in [0, 0.05) is 20.0 Å². The van der Waals surface area contributed by atoms with Crippen molar-refractivity contribution in [3.63, 3.8) is 0 Å². The van der Waals surface area contributed by atoms with Crippen LogP contribution in [0.1, 0.15) is 23.1 Å². The predicted molar refractivity (Wildman–Crippen MR) is 89.2 cm³/mol. The molecule has 0 heterocycles. The first-order chi connectivity index (χ1) is 11.8. The second-order valence-electron chi connectivity index (χ2n) is 5.76. The monoisotopic (exact) mass is 351 g/mol. The van der Waals surface area contributed by atoms with Crippen LogP contribution in [0.3, 0.4) is 0 Å². The number of nitrogens with zero attached hydrogens (tertiary/aromatic N) is 1. The van der Waals surface area contributed by atoms with E-state index in [0.717, 1.165) is 23.4 Å². The summed E-state index contributed by atoms with van der Waals surface area (Å²) in [5.74, 6) is 0.659. The second kappa shape index (κ2) is 8.05. The number of hydrogen-bond acceptors (Lipinski definition) is 2. The second-order valence-corrected chi connectivity index (χ2v) is 5.76. The van der Waals surface area contributed by atoms with Crippen molar-refractivity contribution in [2.24, 2.45) is 0 Å². The lowest BCUT2D eigenvalue weighted by molar-refractivity contribution is -0.137. The van der Waals surface area contributed by atoms with Gasteiger partial charge in [0.2, 0.25) is 5.91 Å². The van der Waals surface area contributed by atoms with Gasteiger partial charge in [-0.25, -0.2) is 0 Å². The van der Waals surface area contributed by atoms with Crippen LogP contribution in [-0.4, -0.2) is 25.0 Å². The molecule has 0 atom stereocenters. The number of benzene rings is 2. The molecular weight excluding hydrogens is 331 g/mol. The molecule has 0 unspecified atom stereocenters. The first-order valence-electron chi connectivity index (χ1n) is 7.83. The largest absolute Gasteiger partial charge is 0.496 e. The maximum atomic E-state index is 12.6. The predicted octanol–water partition coefficient (Wildman–Crippen LogP) is 4.31. The van der Waals surface area contributed by atoms with Gasteiger partial charge in [-0.05, 0) is 35.7 Å². The Hall–Kier alpha value is -2.50. The van der Waals surface area contributed by atoms with E-state index in [9.17, 15) is 18.0 Å². The van der Waals surface area contributed by atoms with E-state index in [1.54, 1.807) is 14.2 Å². The maximum absolute atomic E-state index is 12.6. The Morgan fingerprint density at radius 1 is 1.08 bits per heavy atom. The van der Waals surface area contributed by atoms with Gasteiger partial charge in [-0.15, -0.1) is 0 Å². The number of hydrogen-bond donors (Lipinski definition) is 0. The topological polar surface area (TPSA) is 29.5 Å². The van der Waals surface area contributed by atoms with E-state index in [-0.39, 0.29) is 12.5 Å². The smallest absolute Gasteiger partial charge is 0.416 e. The lowest BCUT2D eigenvalue weighted by Gasteiger charge is -2.18. The molecule has 2 aromatic rings. The maximum Gasteiger partial charge on any atom is 0.416 e. The Bertz CT molecular complexity index is 711. The quantitative estimate of drug-likeness (QED) is 0.776. The van der Waals surface area contributed by atoms with Crippen LogP contribution in [0.15, 0.2) is 48.5 Å². The number of rotatable bonds is 6. The number of halogens is 3. The number of carbonyl (C=O) groups excluding carboxylic acids is 1. The third-order valence-corrected chi connectivity index (χ3v) is 3.93. The molecule has 2 aromatic carbocycles. The van der Waals surface area contributed by atoms with Gasteiger partial charge < -0.3 is 9.64 Å². The van der Waals surface area contributed by atoms with E-state index in [4.69, 9.17) is 4.74 Å².